The smallest absolute Gasteiger partial charge is 0.306 e. The second-order valence-corrected chi connectivity index (χ2v) is 19.5. The summed E-state index contributed by atoms with van der Waals surface area (Å²) in [6, 6.07) is 0. The van der Waals surface area contributed by atoms with E-state index in [1.165, 1.54) is 161 Å². The maximum Gasteiger partial charge on any atom is 0.306 e. The summed E-state index contributed by atoms with van der Waals surface area (Å²) in [6.07, 6.45) is 70.6. The topological polar surface area (TPSA) is 78.9 Å². The van der Waals surface area contributed by atoms with Crippen LogP contribution in [0, 0.1) is 0 Å². The summed E-state index contributed by atoms with van der Waals surface area (Å²) in [6.45, 7) is 6.61. The minimum atomic E-state index is -0.787. The zero-order valence-electron chi connectivity index (χ0n) is 45.1. The fraction of sp³-hybridized carbons (Fsp3) is 0.790. The molecule has 0 saturated heterocycles. The van der Waals surface area contributed by atoms with Crippen molar-refractivity contribution in [2.75, 3.05) is 13.2 Å². The van der Waals surface area contributed by atoms with Crippen molar-refractivity contribution in [3.05, 3.63) is 60.8 Å². The van der Waals surface area contributed by atoms with Crippen LogP contribution >= 0.6 is 0 Å². The number of allylic oxidation sites excluding steroid dienone is 10. The maximum absolute atomic E-state index is 12.8. The molecule has 1 atom stereocenters. The lowest BCUT2D eigenvalue weighted by molar-refractivity contribution is -0.167. The summed E-state index contributed by atoms with van der Waals surface area (Å²) >= 11 is 0. The summed E-state index contributed by atoms with van der Waals surface area (Å²) in [5.41, 5.74) is 0. The molecule has 0 amide bonds. The van der Waals surface area contributed by atoms with Crippen LogP contribution in [-0.4, -0.2) is 37.2 Å². The number of esters is 3. The molecule has 0 aromatic rings. The van der Waals surface area contributed by atoms with Gasteiger partial charge in [0.15, 0.2) is 6.10 Å². The van der Waals surface area contributed by atoms with E-state index in [4.69, 9.17) is 14.2 Å². The molecular formula is C62H110O6. The van der Waals surface area contributed by atoms with Crippen molar-refractivity contribution in [1.82, 2.24) is 0 Å². The van der Waals surface area contributed by atoms with Crippen LogP contribution in [0.15, 0.2) is 60.8 Å². The van der Waals surface area contributed by atoms with E-state index in [-0.39, 0.29) is 31.1 Å². The van der Waals surface area contributed by atoms with Crippen molar-refractivity contribution in [2.24, 2.45) is 0 Å². The van der Waals surface area contributed by atoms with E-state index < -0.39 is 6.10 Å². The fourth-order valence-corrected chi connectivity index (χ4v) is 8.26. The molecule has 0 saturated carbocycles. The summed E-state index contributed by atoms with van der Waals surface area (Å²) in [5.74, 6) is -0.904. The molecule has 0 radical (unpaired) electrons. The largest absolute Gasteiger partial charge is 0.462 e. The molecule has 0 aliphatic heterocycles. The SMILES string of the molecule is CCCCCC/C=C\CCCCCCCC(=O)OCC(COC(=O)CCCCCCCC/C=C\C/C=C\C/C=C\CCCCCCC)OC(=O)CCCCCCC/C=C\CCCCCCCCC. The predicted molar refractivity (Wildman–Crippen MR) is 293 cm³/mol. The van der Waals surface area contributed by atoms with Crippen molar-refractivity contribution in [3.8, 4) is 0 Å². The first-order chi connectivity index (χ1) is 33.5. The molecule has 6 heteroatoms. The number of ether oxygens (including phenoxy) is 3. The number of hydrogen-bond donors (Lipinski definition) is 0. The molecule has 0 aromatic heterocycles. The van der Waals surface area contributed by atoms with Crippen molar-refractivity contribution in [3.63, 3.8) is 0 Å². The van der Waals surface area contributed by atoms with Crippen LogP contribution in [0.25, 0.3) is 0 Å². The third kappa shape index (κ3) is 54.1. The van der Waals surface area contributed by atoms with Gasteiger partial charge in [-0.2, -0.15) is 0 Å². The lowest BCUT2D eigenvalue weighted by atomic mass is 10.1. The molecule has 0 bridgehead atoms. The highest BCUT2D eigenvalue weighted by molar-refractivity contribution is 5.71. The second kappa shape index (κ2) is 56.7. The minimum Gasteiger partial charge on any atom is -0.462 e. The van der Waals surface area contributed by atoms with E-state index in [9.17, 15) is 14.4 Å². The average molecular weight is 952 g/mol. The number of unbranched alkanes of at least 4 members (excludes halogenated alkanes) is 32. The Hall–Kier alpha value is -2.89. The van der Waals surface area contributed by atoms with Gasteiger partial charge in [-0.25, -0.2) is 0 Å². The van der Waals surface area contributed by atoms with Crippen LogP contribution < -0.4 is 0 Å². The monoisotopic (exact) mass is 951 g/mol. The first kappa shape index (κ1) is 65.1. The molecule has 1 unspecified atom stereocenters. The van der Waals surface area contributed by atoms with Crippen molar-refractivity contribution < 1.29 is 28.6 Å². The Morgan fingerprint density at radius 3 is 0.853 bits per heavy atom. The molecule has 394 valence electrons. The summed E-state index contributed by atoms with van der Waals surface area (Å²) in [7, 11) is 0. The molecule has 0 rings (SSSR count). The Labute approximate surface area is 421 Å². The third-order valence-corrected chi connectivity index (χ3v) is 12.7. The van der Waals surface area contributed by atoms with Gasteiger partial charge in [-0.15, -0.1) is 0 Å². The first-order valence-corrected chi connectivity index (χ1v) is 29.3. The molecule has 0 aliphatic rings. The second-order valence-electron chi connectivity index (χ2n) is 19.5. The van der Waals surface area contributed by atoms with Gasteiger partial charge in [0.05, 0.1) is 0 Å². The van der Waals surface area contributed by atoms with Crippen molar-refractivity contribution in [2.45, 2.75) is 303 Å². The molecule has 0 heterocycles. The van der Waals surface area contributed by atoms with Crippen LogP contribution in [0.5, 0.6) is 0 Å². The van der Waals surface area contributed by atoms with Crippen LogP contribution in [0.3, 0.4) is 0 Å². The summed E-state index contributed by atoms with van der Waals surface area (Å²) in [4.78, 5) is 38.1. The molecule has 0 spiro atoms. The zero-order valence-corrected chi connectivity index (χ0v) is 45.1. The minimum absolute atomic E-state index is 0.0854. The Balaban J connectivity index is 4.38. The van der Waals surface area contributed by atoms with Crippen LogP contribution in [0.1, 0.15) is 297 Å². The summed E-state index contributed by atoms with van der Waals surface area (Å²) < 4.78 is 16.9. The van der Waals surface area contributed by atoms with E-state index in [0.29, 0.717) is 19.3 Å². The number of hydrogen-bond acceptors (Lipinski definition) is 6. The normalized spacial score (nSPS) is 12.5. The molecule has 0 aromatic carbocycles. The molecule has 0 aliphatic carbocycles. The highest BCUT2D eigenvalue weighted by atomic mass is 16.6. The first-order valence-electron chi connectivity index (χ1n) is 29.3. The van der Waals surface area contributed by atoms with Gasteiger partial charge < -0.3 is 14.2 Å². The van der Waals surface area contributed by atoms with Crippen LogP contribution in [-0.2, 0) is 28.6 Å². The van der Waals surface area contributed by atoms with Gasteiger partial charge in [0.1, 0.15) is 13.2 Å². The van der Waals surface area contributed by atoms with Crippen molar-refractivity contribution >= 4 is 17.9 Å². The lowest BCUT2D eigenvalue weighted by Crippen LogP contribution is -2.30. The Kier molecular flexibility index (Phi) is 54.3. The van der Waals surface area contributed by atoms with Gasteiger partial charge in [-0.3, -0.25) is 14.4 Å². The van der Waals surface area contributed by atoms with Crippen LogP contribution in [0.2, 0.25) is 0 Å². The third-order valence-electron chi connectivity index (χ3n) is 12.7. The number of carbonyl (C=O) groups excluding carboxylic acids is 3. The lowest BCUT2D eigenvalue weighted by Gasteiger charge is -2.18. The highest BCUT2D eigenvalue weighted by Crippen LogP contribution is 2.15. The zero-order chi connectivity index (χ0) is 49.3. The average Bonchev–Trinajstić information content (AvgIpc) is 3.34. The number of carbonyl (C=O) groups is 3. The Morgan fingerprint density at radius 2 is 0.529 bits per heavy atom. The number of rotatable bonds is 53. The van der Waals surface area contributed by atoms with Crippen LogP contribution in [0.4, 0.5) is 0 Å². The van der Waals surface area contributed by atoms with Gasteiger partial charge in [0.2, 0.25) is 0 Å². The molecule has 0 N–H and O–H groups in total. The molecule has 0 fully saturated rings. The van der Waals surface area contributed by atoms with Gasteiger partial charge in [0.25, 0.3) is 0 Å². The van der Waals surface area contributed by atoms with Gasteiger partial charge >= 0.3 is 17.9 Å². The van der Waals surface area contributed by atoms with Gasteiger partial charge in [-0.1, -0.05) is 229 Å². The highest BCUT2D eigenvalue weighted by Gasteiger charge is 2.19. The van der Waals surface area contributed by atoms with E-state index in [0.717, 1.165) is 96.3 Å². The van der Waals surface area contributed by atoms with Gasteiger partial charge in [0, 0.05) is 19.3 Å². The Bertz CT molecular complexity index is 1230. The van der Waals surface area contributed by atoms with E-state index >= 15 is 0 Å². The van der Waals surface area contributed by atoms with E-state index in [1.807, 2.05) is 0 Å². The predicted octanol–water partition coefficient (Wildman–Crippen LogP) is 19.6. The summed E-state index contributed by atoms with van der Waals surface area (Å²) in [5, 5.41) is 0. The van der Waals surface area contributed by atoms with E-state index in [1.54, 1.807) is 0 Å². The molecule has 6 nitrogen and oxygen atoms in total. The van der Waals surface area contributed by atoms with Gasteiger partial charge in [-0.05, 0) is 109 Å². The maximum atomic E-state index is 12.8. The standard InChI is InChI=1S/C62H110O6/c1-4-7-10-13-16-19-22-25-27-29-30-31-32-33-35-37-40-43-46-49-52-55-61(64)67-58-59(57-66-60(63)54-51-48-45-42-39-36-24-21-18-15-12-9-6-3)68-62(65)56-53-50-47-44-41-38-34-28-26-23-20-17-14-11-8-5-2/h21-22,24-25,28-30,32-34,59H,4-20,23,26-27,31,35-58H2,1-3H3/b24-21-,25-22-,30-29-,33-32-,34-28-. The molecular weight excluding hydrogens is 841 g/mol. The van der Waals surface area contributed by atoms with E-state index in [2.05, 4.69) is 81.5 Å². The Morgan fingerprint density at radius 1 is 0.294 bits per heavy atom. The van der Waals surface area contributed by atoms with Crippen molar-refractivity contribution in [1.29, 1.82) is 0 Å². The molecule has 68 heavy (non-hydrogen) atoms. The fourth-order valence-electron chi connectivity index (χ4n) is 8.26. The quantitative estimate of drug-likeness (QED) is 0.0262.